The van der Waals surface area contributed by atoms with Gasteiger partial charge in [-0.3, -0.25) is 10.1 Å². The Morgan fingerprint density at radius 1 is 1.00 bits per heavy atom. The molecule has 0 fully saturated rings. The van der Waals surface area contributed by atoms with Crippen LogP contribution in [0.15, 0.2) is 60.8 Å². The van der Waals surface area contributed by atoms with E-state index in [-0.39, 0.29) is 10.6 Å². The third kappa shape index (κ3) is 2.39. The van der Waals surface area contributed by atoms with E-state index in [1.54, 1.807) is 12.1 Å². The van der Waals surface area contributed by atoms with Gasteiger partial charge in [0, 0.05) is 26.2 Å². The van der Waals surface area contributed by atoms with Crippen LogP contribution in [0, 0.1) is 10.1 Å². The SMILES string of the molecule is CN(C)/C=C/C=C1\c2ccccc2-c2ccc([N+](=O)[O-])cc21. The summed E-state index contributed by atoms with van der Waals surface area (Å²) in [6.07, 6.45) is 5.92. The lowest BCUT2D eigenvalue weighted by Crippen LogP contribution is -1.99. The summed E-state index contributed by atoms with van der Waals surface area (Å²) in [5, 5.41) is 11.0. The second-order valence-electron chi connectivity index (χ2n) is 5.42. The molecule has 0 amide bonds. The molecule has 0 heterocycles. The second kappa shape index (κ2) is 5.48. The molecule has 22 heavy (non-hydrogen) atoms. The zero-order chi connectivity index (χ0) is 15.7. The van der Waals surface area contributed by atoms with Crippen molar-refractivity contribution in [1.82, 2.24) is 4.90 Å². The van der Waals surface area contributed by atoms with Gasteiger partial charge in [-0.15, -0.1) is 0 Å². The van der Waals surface area contributed by atoms with Gasteiger partial charge in [0.1, 0.15) is 0 Å². The van der Waals surface area contributed by atoms with Gasteiger partial charge in [-0.25, -0.2) is 0 Å². The molecule has 0 aromatic heterocycles. The highest BCUT2D eigenvalue weighted by Gasteiger charge is 2.24. The summed E-state index contributed by atoms with van der Waals surface area (Å²) in [6, 6.07) is 13.1. The van der Waals surface area contributed by atoms with Crippen LogP contribution in [0.1, 0.15) is 11.1 Å². The molecular weight excluding hydrogens is 276 g/mol. The summed E-state index contributed by atoms with van der Waals surface area (Å²) in [4.78, 5) is 12.6. The largest absolute Gasteiger partial charge is 0.383 e. The number of non-ortho nitro benzene ring substituents is 1. The van der Waals surface area contributed by atoms with Gasteiger partial charge in [-0.2, -0.15) is 0 Å². The molecule has 0 atom stereocenters. The van der Waals surface area contributed by atoms with Crippen LogP contribution in [0.25, 0.3) is 16.7 Å². The van der Waals surface area contributed by atoms with E-state index in [1.165, 1.54) is 0 Å². The van der Waals surface area contributed by atoms with Crippen LogP contribution < -0.4 is 0 Å². The van der Waals surface area contributed by atoms with Crippen molar-refractivity contribution in [2.45, 2.75) is 0 Å². The van der Waals surface area contributed by atoms with Gasteiger partial charge in [0.25, 0.3) is 5.69 Å². The van der Waals surface area contributed by atoms with Gasteiger partial charge in [0.2, 0.25) is 0 Å². The van der Waals surface area contributed by atoms with Crippen LogP contribution in [0.4, 0.5) is 5.69 Å². The van der Waals surface area contributed by atoms with E-state index in [9.17, 15) is 10.1 Å². The number of nitro groups is 1. The maximum Gasteiger partial charge on any atom is 0.270 e. The molecule has 0 bridgehead atoms. The van der Waals surface area contributed by atoms with Crippen LogP contribution in [0.2, 0.25) is 0 Å². The molecule has 110 valence electrons. The Morgan fingerprint density at radius 2 is 1.68 bits per heavy atom. The predicted octanol–water partition coefficient (Wildman–Crippen LogP) is 4.08. The molecule has 2 aromatic rings. The molecule has 4 nitrogen and oxygen atoms in total. The fourth-order valence-electron chi connectivity index (χ4n) is 2.69. The van der Waals surface area contributed by atoms with Crippen molar-refractivity contribution in [3.8, 4) is 11.1 Å². The lowest BCUT2D eigenvalue weighted by Gasteiger charge is -2.03. The third-order valence-corrected chi connectivity index (χ3v) is 3.66. The van der Waals surface area contributed by atoms with Crippen molar-refractivity contribution in [1.29, 1.82) is 0 Å². The molecule has 0 spiro atoms. The Labute approximate surface area is 129 Å². The van der Waals surface area contributed by atoms with Crippen LogP contribution in [-0.2, 0) is 0 Å². The average molecular weight is 292 g/mol. The number of hydrogen-bond donors (Lipinski definition) is 0. The number of nitro benzene ring substituents is 1. The molecule has 4 heteroatoms. The van der Waals surface area contributed by atoms with Gasteiger partial charge in [-0.1, -0.05) is 30.3 Å². The fourth-order valence-corrected chi connectivity index (χ4v) is 2.69. The van der Waals surface area contributed by atoms with Crippen molar-refractivity contribution in [2.24, 2.45) is 0 Å². The zero-order valence-corrected chi connectivity index (χ0v) is 12.5. The Balaban J connectivity index is 2.18. The Hall–Kier alpha value is -2.88. The van der Waals surface area contributed by atoms with Gasteiger partial charge in [-0.05, 0) is 46.2 Å². The van der Waals surface area contributed by atoms with E-state index in [0.717, 1.165) is 27.8 Å². The van der Waals surface area contributed by atoms with Crippen molar-refractivity contribution in [3.05, 3.63) is 82.1 Å². The van der Waals surface area contributed by atoms with Crippen molar-refractivity contribution >= 4 is 11.3 Å². The first-order chi connectivity index (χ1) is 10.6. The number of benzene rings is 2. The molecule has 1 aliphatic carbocycles. The number of nitrogens with zero attached hydrogens (tertiary/aromatic N) is 2. The molecule has 3 rings (SSSR count). The maximum atomic E-state index is 11.0. The van der Waals surface area contributed by atoms with Crippen LogP contribution in [0.5, 0.6) is 0 Å². The van der Waals surface area contributed by atoms with E-state index in [0.29, 0.717) is 0 Å². The summed E-state index contributed by atoms with van der Waals surface area (Å²) in [5.74, 6) is 0. The molecule has 0 N–H and O–H groups in total. The highest BCUT2D eigenvalue weighted by Crippen LogP contribution is 2.45. The first-order valence-corrected chi connectivity index (χ1v) is 7.01. The monoisotopic (exact) mass is 292 g/mol. The van der Waals surface area contributed by atoms with Crippen LogP contribution in [0.3, 0.4) is 0 Å². The topological polar surface area (TPSA) is 46.4 Å². The molecule has 2 aromatic carbocycles. The summed E-state index contributed by atoms with van der Waals surface area (Å²) in [7, 11) is 3.91. The van der Waals surface area contributed by atoms with E-state index in [4.69, 9.17) is 0 Å². The van der Waals surface area contributed by atoms with Crippen molar-refractivity contribution in [2.75, 3.05) is 14.1 Å². The van der Waals surface area contributed by atoms with E-state index in [1.807, 2.05) is 55.5 Å². The van der Waals surface area contributed by atoms with E-state index in [2.05, 4.69) is 12.1 Å². The lowest BCUT2D eigenvalue weighted by atomic mass is 10.0. The highest BCUT2D eigenvalue weighted by molar-refractivity contribution is 6.02. The normalized spacial score (nSPS) is 14.2. The third-order valence-electron chi connectivity index (χ3n) is 3.66. The van der Waals surface area contributed by atoms with Crippen molar-refractivity contribution < 1.29 is 4.92 Å². The van der Waals surface area contributed by atoms with E-state index < -0.39 is 0 Å². The van der Waals surface area contributed by atoms with Gasteiger partial charge in [0.15, 0.2) is 0 Å². The molecular formula is C18H16N2O2. The summed E-state index contributed by atoms with van der Waals surface area (Å²) in [5.41, 5.74) is 5.34. The number of rotatable bonds is 3. The molecule has 1 aliphatic rings. The van der Waals surface area contributed by atoms with E-state index >= 15 is 0 Å². The second-order valence-corrected chi connectivity index (χ2v) is 5.42. The smallest absolute Gasteiger partial charge is 0.270 e. The highest BCUT2D eigenvalue weighted by atomic mass is 16.6. The molecule has 0 saturated heterocycles. The summed E-state index contributed by atoms with van der Waals surface area (Å²) >= 11 is 0. The molecule has 0 aliphatic heterocycles. The number of hydrogen-bond acceptors (Lipinski definition) is 3. The average Bonchev–Trinajstić information content (AvgIpc) is 2.81. The zero-order valence-electron chi connectivity index (χ0n) is 12.5. The lowest BCUT2D eigenvalue weighted by molar-refractivity contribution is -0.384. The predicted molar refractivity (Wildman–Crippen MR) is 88.4 cm³/mol. The first-order valence-electron chi connectivity index (χ1n) is 7.01. The standard InChI is InChI=1S/C18H16N2O2/c1-19(2)11-5-8-16-14-6-3-4-7-15(14)17-10-9-13(20(21)22)12-18(16)17/h3-12H,1-2H3/b11-5+,16-8+. The molecule has 0 radical (unpaired) electrons. The maximum absolute atomic E-state index is 11.0. The van der Waals surface area contributed by atoms with Gasteiger partial charge < -0.3 is 4.90 Å². The first kappa shape index (κ1) is 14.1. The molecule has 0 unspecified atom stereocenters. The summed E-state index contributed by atoms with van der Waals surface area (Å²) in [6.45, 7) is 0. The van der Waals surface area contributed by atoms with Crippen molar-refractivity contribution in [3.63, 3.8) is 0 Å². The number of allylic oxidation sites excluding steroid dienone is 2. The summed E-state index contributed by atoms with van der Waals surface area (Å²) < 4.78 is 0. The van der Waals surface area contributed by atoms with Crippen LogP contribution >= 0.6 is 0 Å². The Morgan fingerprint density at radius 3 is 2.36 bits per heavy atom. The Bertz CT molecular complexity index is 804. The Kier molecular flexibility index (Phi) is 3.51. The van der Waals surface area contributed by atoms with Gasteiger partial charge >= 0.3 is 0 Å². The quantitative estimate of drug-likeness (QED) is 0.539. The van der Waals surface area contributed by atoms with Crippen LogP contribution in [-0.4, -0.2) is 23.9 Å². The van der Waals surface area contributed by atoms with Gasteiger partial charge in [0.05, 0.1) is 4.92 Å². The molecule has 0 saturated carbocycles. The number of fused-ring (bicyclic) bond motifs is 3. The minimum absolute atomic E-state index is 0.119. The minimum atomic E-state index is -0.351. The minimum Gasteiger partial charge on any atom is -0.383 e. The fraction of sp³-hybridized carbons (Fsp3) is 0.111.